The second kappa shape index (κ2) is 7.41. The van der Waals surface area contributed by atoms with Crippen molar-refractivity contribution < 1.29 is 14.4 Å². The highest BCUT2D eigenvalue weighted by atomic mass is 27.2. The molecule has 0 aromatic heterocycles. The molecule has 0 bridgehead atoms. The van der Waals surface area contributed by atoms with Crippen LogP contribution in [0.4, 0.5) is 0 Å². The molecule has 0 unspecified atom stereocenters. The van der Waals surface area contributed by atoms with Crippen molar-refractivity contribution in [2.24, 2.45) is 16.2 Å². The number of carbonyl (C=O) groups is 3. The van der Waals surface area contributed by atoms with E-state index < -0.39 is 30.4 Å². The lowest BCUT2D eigenvalue weighted by Crippen LogP contribution is -2.35. The van der Waals surface area contributed by atoms with E-state index in [-0.39, 0.29) is 17.3 Å². The zero-order valence-electron chi connectivity index (χ0n) is 15.9. The second-order valence-electron chi connectivity index (χ2n) is 9.50. The Bertz CT molecular complexity index is 364. The Morgan fingerprint density at radius 3 is 0.864 bits per heavy atom. The van der Waals surface area contributed by atoms with Gasteiger partial charge in [0.1, 0.15) is 17.3 Å². The standard InChI is InChI=1S/3C6H11O.Al/c3*1-5(7)6(2,3)4;/h3*1H2,2-4H3;. The normalized spacial score (nSPS) is 13.0. The molecule has 0 radical (unpaired) electrons. The van der Waals surface area contributed by atoms with Gasteiger partial charge in [-0.1, -0.05) is 62.3 Å². The van der Waals surface area contributed by atoms with Crippen LogP contribution in [0.1, 0.15) is 62.3 Å². The fourth-order valence-corrected chi connectivity index (χ4v) is 5.76. The molecular formula is C18H33AlO3. The van der Waals surface area contributed by atoms with Gasteiger partial charge in [0.05, 0.1) is 0 Å². The van der Waals surface area contributed by atoms with E-state index >= 15 is 0 Å². The molecule has 3 nitrogen and oxygen atoms in total. The van der Waals surface area contributed by atoms with Crippen molar-refractivity contribution in [1.82, 2.24) is 0 Å². The van der Waals surface area contributed by atoms with Crippen LogP contribution < -0.4 is 0 Å². The summed E-state index contributed by atoms with van der Waals surface area (Å²) in [5.41, 5.74) is -1.21. The first-order chi connectivity index (χ1) is 9.55. The average molecular weight is 324 g/mol. The monoisotopic (exact) mass is 324 g/mol. The van der Waals surface area contributed by atoms with Crippen molar-refractivity contribution in [2.45, 2.75) is 78.2 Å². The van der Waals surface area contributed by atoms with E-state index in [2.05, 4.69) is 0 Å². The Labute approximate surface area is 140 Å². The van der Waals surface area contributed by atoms with Crippen molar-refractivity contribution in [2.75, 3.05) is 0 Å². The van der Waals surface area contributed by atoms with Crippen LogP contribution in [0.3, 0.4) is 0 Å². The summed E-state index contributed by atoms with van der Waals surface area (Å²) in [4.78, 5) is 37.0. The molecule has 0 aliphatic rings. The van der Waals surface area contributed by atoms with E-state index in [9.17, 15) is 14.4 Å². The largest absolute Gasteiger partial charge is 0.301 e. The fourth-order valence-electron chi connectivity index (χ4n) is 1.92. The first-order valence-electron chi connectivity index (χ1n) is 8.15. The summed E-state index contributed by atoms with van der Waals surface area (Å²) in [5.74, 6) is 0.521. The predicted molar refractivity (Wildman–Crippen MR) is 93.6 cm³/mol. The number of hydrogen-bond acceptors (Lipinski definition) is 3. The van der Waals surface area contributed by atoms with Crippen molar-refractivity contribution in [3.05, 3.63) is 0 Å². The summed E-state index contributed by atoms with van der Waals surface area (Å²) < 4.78 is 0. The Morgan fingerprint density at radius 2 is 0.727 bits per heavy atom. The van der Waals surface area contributed by atoms with E-state index in [1.165, 1.54) is 0 Å². The minimum Gasteiger partial charge on any atom is -0.301 e. The van der Waals surface area contributed by atoms with Gasteiger partial charge in [0.25, 0.3) is 14.1 Å². The van der Waals surface area contributed by atoms with Crippen LogP contribution in [-0.4, -0.2) is 31.5 Å². The fraction of sp³-hybridized carbons (Fsp3) is 0.833. The highest BCUT2D eigenvalue weighted by molar-refractivity contribution is 6.69. The lowest BCUT2D eigenvalue weighted by atomic mass is 9.91. The van der Waals surface area contributed by atoms with Crippen molar-refractivity contribution >= 4 is 31.5 Å². The maximum atomic E-state index is 12.3. The van der Waals surface area contributed by atoms with Gasteiger partial charge >= 0.3 is 0 Å². The zero-order valence-corrected chi connectivity index (χ0v) is 17.1. The molecule has 0 amide bonds. The van der Waals surface area contributed by atoms with E-state index in [4.69, 9.17) is 0 Å². The van der Waals surface area contributed by atoms with Gasteiger partial charge in [-0.25, -0.2) is 0 Å². The predicted octanol–water partition coefficient (Wildman–Crippen LogP) is 4.33. The number of Topliss-reactive ketones (excluding diaryl/α,β-unsaturated/α-hetero) is 3. The summed E-state index contributed by atoms with van der Waals surface area (Å²) in [6.45, 7) is 17.1. The first kappa shape index (κ1) is 21.5. The second-order valence-corrected chi connectivity index (χ2v) is 12.5. The third kappa shape index (κ3) is 7.70. The van der Waals surface area contributed by atoms with Crippen molar-refractivity contribution in [3.8, 4) is 0 Å². The van der Waals surface area contributed by atoms with Crippen LogP contribution in [0.25, 0.3) is 0 Å². The third-order valence-corrected chi connectivity index (χ3v) is 6.78. The minimum absolute atomic E-state index is 0.174. The molecule has 0 aromatic rings. The minimum atomic E-state index is -1.76. The van der Waals surface area contributed by atoms with Crippen LogP contribution in [-0.2, 0) is 14.4 Å². The van der Waals surface area contributed by atoms with Gasteiger partial charge < -0.3 is 14.4 Å². The Kier molecular flexibility index (Phi) is 7.25. The Balaban J connectivity index is 5.12. The Morgan fingerprint density at radius 1 is 0.545 bits per heavy atom. The summed E-state index contributed by atoms with van der Waals surface area (Å²) in [6, 6.07) is 0. The lowest BCUT2D eigenvalue weighted by molar-refractivity contribution is -0.124. The van der Waals surface area contributed by atoms with Gasteiger partial charge in [0.2, 0.25) is 0 Å². The van der Waals surface area contributed by atoms with E-state index in [1.807, 2.05) is 62.3 Å². The summed E-state index contributed by atoms with van der Waals surface area (Å²) in [7, 11) is 0. The quantitative estimate of drug-likeness (QED) is 0.683. The zero-order chi connectivity index (χ0) is 17.9. The molecule has 126 valence electrons. The maximum Gasteiger partial charge on any atom is 0.291 e. The van der Waals surface area contributed by atoms with Gasteiger partial charge in [-0.05, 0) is 15.8 Å². The van der Waals surface area contributed by atoms with Crippen molar-refractivity contribution in [1.29, 1.82) is 0 Å². The van der Waals surface area contributed by atoms with E-state index in [0.717, 1.165) is 0 Å². The number of hydrogen-bond donors (Lipinski definition) is 0. The summed E-state index contributed by atoms with van der Waals surface area (Å²) in [6.07, 6.45) is 0. The van der Waals surface area contributed by atoms with Crippen LogP contribution >= 0.6 is 0 Å². The van der Waals surface area contributed by atoms with Crippen LogP contribution in [0, 0.1) is 16.2 Å². The van der Waals surface area contributed by atoms with Crippen molar-refractivity contribution in [3.63, 3.8) is 0 Å². The lowest BCUT2D eigenvalue weighted by Gasteiger charge is -2.24. The van der Waals surface area contributed by atoms with Gasteiger partial charge in [-0.2, -0.15) is 0 Å². The summed E-state index contributed by atoms with van der Waals surface area (Å²) in [5, 5.41) is 1.31. The SMILES string of the molecule is CC(C)(C)C(=O)[CH2][Al]([CH2]C(=O)C(C)(C)C)[CH2]C(=O)C(C)(C)C. The smallest absolute Gasteiger partial charge is 0.291 e. The molecule has 0 aromatic carbocycles. The number of carbonyl (C=O) groups excluding carboxylic acids is 3. The van der Waals surface area contributed by atoms with Gasteiger partial charge in [-0.15, -0.1) is 0 Å². The van der Waals surface area contributed by atoms with Gasteiger partial charge in [0.15, 0.2) is 0 Å². The van der Waals surface area contributed by atoms with Gasteiger partial charge in [0, 0.05) is 16.2 Å². The molecule has 0 spiro atoms. The molecule has 0 fully saturated rings. The molecule has 0 N–H and O–H groups in total. The van der Waals surface area contributed by atoms with E-state index in [1.54, 1.807) is 0 Å². The molecular weight excluding hydrogens is 291 g/mol. The average Bonchev–Trinajstić information content (AvgIpc) is 2.24. The van der Waals surface area contributed by atoms with Gasteiger partial charge in [-0.3, -0.25) is 0 Å². The highest BCUT2D eigenvalue weighted by Gasteiger charge is 2.36. The Hall–Kier alpha value is -0.458. The molecule has 0 atom stereocenters. The number of ketones is 3. The first-order valence-corrected chi connectivity index (χ1v) is 10.6. The van der Waals surface area contributed by atoms with E-state index in [0.29, 0.717) is 15.8 Å². The summed E-state index contributed by atoms with van der Waals surface area (Å²) >= 11 is -1.76. The van der Waals surface area contributed by atoms with Crippen LogP contribution in [0.2, 0.25) is 15.8 Å². The third-order valence-electron chi connectivity index (χ3n) is 3.93. The molecule has 0 aliphatic carbocycles. The molecule has 4 heteroatoms. The molecule has 0 rings (SSSR count). The maximum absolute atomic E-state index is 12.3. The molecule has 22 heavy (non-hydrogen) atoms. The molecule has 0 saturated heterocycles. The molecule has 0 aliphatic heterocycles. The molecule has 0 saturated carbocycles. The molecule has 0 heterocycles. The van der Waals surface area contributed by atoms with Crippen LogP contribution in [0.5, 0.6) is 0 Å². The van der Waals surface area contributed by atoms with Crippen LogP contribution in [0.15, 0.2) is 0 Å². The highest BCUT2D eigenvalue weighted by Crippen LogP contribution is 2.27. The number of rotatable bonds is 6. The topological polar surface area (TPSA) is 51.2 Å².